The number of carbonyl (C=O) groups excluding carboxylic acids is 3. The van der Waals surface area contributed by atoms with Crippen molar-refractivity contribution < 1.29 is 27.5 Å². The summed E-state index contributed by atoms with van der Waals surface area (Å²) in [6, 6.07) is 15.1. The molecule has 1 unspecified atom stereocenters. The predicted molar refractivity (Wildman–Crippen MR) is 135 cm³/mol. The molecular weight excluding hydrogens is 502 g/mol. The number of rotatable bonds is 9. The van der Waals surface area contributed by atoms with Crippen LogP contribution in [0.1, 0.15) is 28.6 Å². The maximum atomic E-state index is 13.4. The molecule has 1 fully saturated rings. The molecule has 188 valence electrons. The summed E-state index contributed by atoms with van der Waals surface area (Å²) in [5.41, 5.74) is 1.17. The Balaban J connectivity index is 1.57. The van der Waals surface area contributed by atoms with Crippen LogP contribution < -0.4 is 14.8 Å². The number of hydrogen-bond acceptors (Lipinski definition) is 7. The van der Waals surface area contributed by atoms with Crippen molar-refractivity contribution in [3.63, 3.8) is 0 Å². The van der Waals surface area contributed by atoms with Gasteiger partial charge < -0.3 is 9.64 Å². The molecule has 3 aromatic rings. The van der Waals surface area contributed by atoms with E-state index in [1.54, 1.807) is 53.9 Å². The van der Waals surface area contributed by atoms with E-state index in [2.05, 4.69) is 0 Å². The molecule has 2 heterocycles. The van der Waals surface area contributed by atoms with Gasteiger partial charge in [0.15, 0.2) is 0 Å². The molecule has 4 rings (SSSR count). The van der Waals surface area contributed by atoms with Crippen LogP contribution in [0.2, 0.25) is 0 Å². The van der Waals surface area contributed by atoms with Gasteiger partial charge in [-0.1, -0.05) is 18.2 Å². The average Bonchev–Trinajstić information content (AvgIpc) is 3.48. The lowest BCUT2D eigenvalue weighted by Crippen LogP contribution is -2.46. The summed E-state index contributed by atoms with van der Waals surface area (Å²) in [6.07, 6.45) is 0.219. The third kappa shape index (κ3) is 5.48. The fourth-order valence-electron chi connectivity index (χ4n) is 4.02. The van der Waals surface area contributed by atoms with Gasteiger partial charge in [-0.05, 0) is 66.8 Å². The Morgan fingerprint density at radius 3 is 2.39 bits per heavy atom. The van der Waals surface area contributed by atoms with E-state index in [0.29, 0.717) is 29.3 Å². The molecule has 1 aromatic heterocycles. The fraction of sp³-hybridized carbons (Fsp3) is 0.240. The molecule has 36 heavy (non-hydrogen) atoms. The SMILES string of the molecule is CCOc1ccc(N2C(=O)CC(N(CCc3ccc(S(N)(=O)=O)cc3)C(=O)c3cccs3)C2=O)cc1. The van der Waals surface area contributed by atoms with Crippen molar-refractivity contribution in [2.24, 2.45) is 5.14 Å². The lowest BCUT2D eigenvalue weighted by Gasteiger charge is -2.27. The molecule has 0 spiro atoms. The number of nitrogens with two attached hydrogens (primary N) is 1. The van der Waals surface area contributed by atoms with Crippen LogP contribution in [0.4, 0.5) is 5.69 Å². The molecule has 0 radical (unpaired) electrons. The number of primary sulfonamides is 1. The van der Waals surface area contributed by atoms with E-state index >= 15 is 0 Å². The van der Waals surface area contributed by atoms with Crippen molar-refractivity contribution in [3.05, 3.63) is 76.5 Å². The van der Waals surface area contributed by atoms with Gasteiger partial charge in [0.1, 0.15) is 11.8 Å². The lowest BCUT2D eigenvalue weighted by molar-refractivity contribution is -0.122. The molecule has 0 bridgehead atoms. The van der Waals surface area contributed by atoms with E-state index < -0.39 is 27.9 Å². The summed E-state index contributed by atoms with van der Waals surface area (Å²) in [5.74, 6) is -0.583. The molecule has 1 aliphatic heterocycles. The number of thiophene rings is 1. The average molecular weight is 528 g/mol. The third-order valence-electron chi connectivity index (χ3n) is 5.79. The molecule has 1 atom stereocenters. The van der Waals surface area contributed by atoms with Crippen molar-refractivity contribution >= 4 is 44.8 Å². The van der Waals surface area contributed by atoms with Crippen LogP contribution in [0.5, 0.6) is 5.75 Å². The van der Waals surface area contributed by atoms with Crippen molar-refractivity contribution in [2.75, 3.05) is 18.1 Å². The molecule has 1 saturated heterocycles. The number of ether oxygens (including phenoxy) is 1. The van der Waals surface area contributed by atoms with E-state index in [4.69, 9.17) is 9.88 Å². The van der Waals surface area contributed by atoms with Crippen molar-refractivity contribution in [2.45, 2.75) is 30.7 Å². The van der Waals surface area contributed by atoms with Gasteiger partial charge in [-0.25, -0.2) is 18.5 Å². The monoisotopic (exact) mass is 527 g/mol. The quantitative estimate of drug-likeness (QED) is 0.427. The van der Waals surface area contributed by atoms with Crippen molar-refractivity contribution in [1.82, 2.24) is 4.90 Å². The Hall–Kier alpha value is -3.54. The Bertz CT molecular complexity index is 1350. The number of hydrogen-bond donors (Lipinski definition) is 1. The number of imide groups is 1. The minimum Gasteiger partial charge on any atom is -0.494 e. The first kappa shape index (κ1) is 25.5. The highest BCUT2D eigenvalue weighted by molar-refractivity contribution is 7.89. The zero-order chi connectivity index (χ0) is 25.9. The zero-order valence-electron chi connectivity index (χ0n) is 19.5. The second-order valence-corrected chi connectivity index (χ2v) is 10.6. The highest BCUT2D eigenvalue weighted by atomic mass is 32.2. The van der Waals surface area contributed by atoms with Gasteiger partial charge in [-0.2, -0.15) is 0 Å². The van der Waals surface area contributed by atoms with Crippen LogP contribution in [0.25, 0.3) is 0 Å². The molecule has 3 amide bonds. The maximum Gasteiger partial charge on any atom is 0.264 e. The van der Waals surface area contributed by atoms with Crippen LogP contribution in [0, 0.1) is 0 Å². The minimum atomic E-state index is -3.82. The van der Waals surface area contributed by atoms with E-state index in [0.717, 1.165) is 10.5 Å². The summed E-state index contributed by atoms with van der Waals surface area (Å²) >= 11 is 1.25. The summed E-state index contributed by atoms with van der Waals surface area (Å²) < 4.78 is 28.5. The molecule has 2 N–H and O–H groups in total. The smallest absolute Gasteiger partial charge is 0.264 e. The van der Waals surface area contributed by atoms with Crippen molar-refractivity contribution in [3.8, 4) is 5.75 Å². The van der Waals surface area contributed by atoms with Gasteiger partial charge >= 0.3 is 0 Å². The third-order valence-corrected chi connectivity index (χ3v) is 7.58. The van der Waals surface area contributed by atoms with E-state index in [9.17, 15) is 22.8 Å². The second kappa shape index (κ2) is 10.6. The number of amides is 3. The van der Waals surface area contributed by atoms with E-state index in [1.165, 1.54) is 28.4 Å². The second-order valence-electron chi connectivity index (χ2n) is 8.13. The van der Waals surface area contributed by atoms with E-state index in [-0.39, 0.29) is 23.8 Å². The number of carbonyl (C=O) groups is 3. The molecule has 9 nitrogen and oxygen atoms in total. The Kier molecular flexibility index (Phi) is 7.53. The summed E-state index contributed by atoms with van der Waals surface area (Å²) in [4.78, 5) is 42.6. The largest absolute Gasteiger partial charge is 0.494 e. The van der Waals surface area contributed by atoms with Crippen LogP contribution >= 0.6 is 11.3 Å². The van der Waals surface area contributed by atoms with Gasteiger partial charge in [0.25, 0.3) is 11.8 Å². The van der Waals surface area contributed by atoms with Gasteiger partial charge in [-0.15, -0.1) is 11.3 Å². The Labute approximate surface area is 213 Å². The first-order valence-electron chi connectivity index (χ1n) is 11.2. The molecule has 0 aliphatic carbocycles. The lowest BCUT2D eigenvalue weighted by atomic mass is 10.1. The number of nitrogens with zero attached hydrogens (tertiary/aromatic N) is 2. The molecule has 1 aliphatic rings. The standard InChI is InChI=1S/C25H25N3O6S2/c1-2-34-19-9-7-18(8-10-19)28-23(29)16-21(24(28)30)27(25(31)22-4-3-15-35-22)14-13-17-5-11-20(12-6-17)36(26,32)33/h3-12,15,21H,2,13-14,16H2,1H3,(H2,26,32,33). The Morgan fingerprint density at radius 2 is 1.81 bits per heavy atom. The fourth-order valence-corrected chi connectivity index (χ4v) is 5.22. The Morgan fingerprint density at radius 1 is 1.11 bits per heavy atom. The van der Waals surface area contributed by atoms with E-state index in [1.807, 2.05) is 6.92 Å². The first-order valence-corrected chi connectivity index (χ1v) is 13.7. The molecular formula is C25H25N3O6S2. The summed E-state index contributed by atoms with van der Waals surface area (Å²) in [7, 11) is -3.82. The van der Waals surface area contributed by atoms with Crippen LogP contribution in [0.3, 0.4) is 0 Å². The highest BCUT2D eigenvalue weighted by Gasteiger charge is 2.44. The van der Waals surface area contributed by atoms with Gasteiger partial charge in [0, 0.05) is 6.54 Å². The molecule has 2 aromatic carbocycles. The normalized spacial score (nSPS) is 15.8. The highest BCUT2D eigenvalue weighted by Crippen LogP contribution is 2.29. The van der Waals surface area contributed by atoms with Gasteiger partial charge in [0.05, 0.1) is 28.5 Å². The van der Waals surface area contributed by atoms with Crippen LogP contribution in [-0.2, 0) is 26.0 Å². The van der Waals surface area contributed by atoms with Gasteiger partial charge in [-0.3, -0.25) is 14.4 Å². The number of benzene rings is 2. The summed E-state index contributed by atoms with van der Waals surface area (Å²) in [5, 5.41) is 6.93. The zero-order valence-corrected chi connectivity index (χ0v) is 21.1. The van der Waals surface area contributed by atoms with Crippen LogP contribution in [-0.4, -0.2) is 50.2 Å². The number of sulfonamides is 1. The predicted octanol–water partition coefficient (Wildman–Crippen LogP) is 2.81. The van der Waals surface area contributed by atoms with Gasteiger partial charge in [0.2, 0.25) is 15.9 Å². The first-order chi connectivity index (χ1) is 17.2. The topological polar surface area (TPSA) is 127 Å². The minimum absolute atomic E-state index is 0.0136. The maximum absolute atomic E-state index is 13.4. The molecule has 0 saturated carbocycles. The van der Waals surface area contributed by atoms with Crippen molar-refractivity contribution in [1.29, 1.82) is 0 Å². The summed E-state index contributed by atoms with van der Waals surface area (Å²) in [6.45, 7) is 2.51. The van der Waals surface area contributed by atoms with Crippen LogP contribution in [0.15, 0.2) is 70.9 Å². The number of anilines is 1. The molecule has 11 heteroatoms.